The van der Waals surface area contributed by atoms with Crippen LogP contribution in [0.2, 0.25) is 0 Å². The fourth-order valence-corrected chi connectivity index (χ4v) is 1.70. The largest absolute Gasteiger partial charge is 0.284 e. The fraction of sp³-hybridized carbons (Fsp3) is 0.100. The van der Waals surface area contributed by atoms with Gasteiger partial charge in [0.2, 0.25) is 5.78 Å². The molecular weight excluding hydrogens is 248 g/mol. The van der Waals surface area contributed by atoms with E-state index in [0.717, 1.165) is 9.37 Å². The Hall–Kier alpha value is -0.720. The van der Waals surface area contributed by atoms with Crippen molar-refractivity contribution in [3.63, 3.8) is 0 Å². The second-order valence-corrected chi connectivity index (χ2v) is 4.27. The Morgan fingerprint density at radius 2 is 2.08 bits per heavy atom. The third kappa shape index (κ3) is 3.67. The molecule has 0 N–H and O–H groups in total. The van der Waals surface area contributed by atoms with Crippen molar-refractivity contribution in [2.75, 3.05) is 5.75 Å². The van der Waals surface area contributed by atoms with Gasteiger partial charge in [0, 0.05) is 9.37 Å². The zero-order valence-electron chi connectivity index (χ0n) is 6.79. The van der Waals surface area contributed by atoms with Gasteiger partial charge in [-0.3, -0.25) is 4.79 Å². The molecule has 0 fully saturated rings. The van der Waals surface area contributed by atoms with Gasteiger partial charge in [-0.1, -0.05) is 15.9 Å². The second kappa shape index (κ2) is 5.11. The average molecular weight is 255 g/mol. The number of carbonyl (C=O) groups excluding carboxylic acids is 1. The van der Waals surface area contributed by atoms with Crippen molar-refractivity contribution in [3.05, 3.63) is 28.7 Å². The quantitative estimate of drug-likeness (QED) is 0.469. The van der Waals surface area contributed by atoms with Crippen LogP contribution >= 0.6 is 27.7 Å². The molecule has 1 aromatic rings. The van der Waals surface area contributed by atoms with Gasteiger partial charge in [-0.25, -0.2) is 0 Å². The number of hydrogen-bond donors (Lipinski definition) is 0. The zero-order valence-corrected chi connectivity index (χ0v) is 9.19. The summed E-state index contributed by atoms with van der Waals surface area (Å²) in [5.74, 6) is 2.25. The van der Waals surface area contributed by atoms with E-state index in [1.165, 1.54) is 11.8 Å². The van der Waals surface area contributed by atoms with Gasteiger partial charge in [0.15, 0.2) is 0 Å². The highest BCUT2D eigenvalue weighted by molar-refractivity contribution is 9.10. The maximum atomic E-state index is 10.8. The van der Waals surface area contributed by atoms with Crippen molar-refractivity contribution in [1.29, 1.82) is 0 Å². The Morgan fingerprint density at radius 1 is 1.46 bits per heavy atom. The first kappa shape index (κ1) is 10.4. The zero-order chi connectivity index (χ0) is 9.68. The molecule has 66 valence electrons. The number of Topliss-reactive ketones (excluding diaryl/α,β-unsaturated/α-hetero) is 1. The lowest BCUT2D eigenvalue weighted by Gasteiger charge is -1.97. The lowest BCUT2D eigenvalue weighted by atomic mass is 10.4. The predicted molar refractivity (Wildman–Crippen MR) is 58.7 cm³/mol. The van der Waals surface area contributed by atoms with Crippen LogP contribution in [0.1, 0.15) is 0 Å². The van der Waals surface area contributed by atoms with Gasteiger partial charge in [-0.2, -0.15) is 0 Å². The van der Waals surface area contributed by atoms with Crippen molar-refractivity contribution in [2.24, 2.45) is 0 Å². The summed E-state index contributed by atoms with van der Waals surface area (Å²) in [6, 6.07) is 7.75. The lowest BCUT2D eigenvalue weighted by molar-refractivity contribution is -0.111. The van der Waals surface area contributed by atoms with Crippen LogP contribution in [0, 0.1) is 12.3 Å². The Morgan fingerprint density at radius 3 is 2.62 bits per heavy atom. The van der Waals surface area contributed by atoms with Crippen molar-refractivity contribution in [1.82, 2.24) is 0 Å². The smallest absolute Gasteiger partial charge is 0.215 e. The molecule has 3 heteroatoms. The van der Waals surface area contributed by atoms with Crippen LogP contribution in [-0.2, 0) is 4.79 Å². The molecular formula is C10H7BrOS. The third-order valence-electron chi connectivity index (χ3n) is 1.34. The Kier molecular flexibility index (Phi) is 4.07. The lowest BCUT2D eigenvalue weighted by Crippen LogP contribution is -1.95. The van der Waals surface area contributed by atoms with Crippen LogP contribution in [0.25, 0.3) is 0 Å². The van der Waals surface area contributed by atoms with E-state index in [9.17, 15) is 4.79 Å². The normalized spacial score (nSPS) is 9.23. The van der Waals surface area contributed by atoms with E-state index in [1.807, 2.05) is 24.3 Å². The van der Waals surface area contributed by atoms with Gasteiger partial charge in [-0.15, -0.1) is 18.2 Å². The van der Waals surface area contributed by atoms with Gasteiger partial charge in [0.05, 0.1) is 5.75 Å². The molecule has 0 aliphatic rings. The van der Waals surface area contributed by atoms with Gasteiger partial charge in [0.25, 0.3) is 0 Å². The molecule has 0 heterocycles. The van der Waals surface area contributed by atoms with Gasteiger partial charge in [0.1, 0.15) is 0 Å². The molecule has 0 aliphatic carbocycles. The van der Waals surface area contributed by atoms with E-state index >= 15 is 0 Å². The summed E-state index contributed by atoms with van der Waals surface area (Å²) in [6.45, 7) is 0. The minimum Gasteiger partial charge on any atom is -0.284 e. The minimum absolute atomic E-state index is 0.173. The average Bonchev–Trinajstić information content (AvgIpc) is 2.16. The number of rotatable bonds is 3. The number of ketones is 1. The summed E-state index contributed by atoms with van der Waals surface area (Å²) in [7, 11) is 0. The number of halogens is 1. The third-order valence-corrected chi connectivity index (χ3v) is 2.89. The second-order valence-electron chi connectivity index (χ2n) is 2.31. The monoisotopic (exact) mass is 254 g/mol. The summed E-state index contributed by atoms with van der Waals surface area (Å²) < 4.78 is 1.03. The highest BCUT2D eigenvalue weighted by Gasteiger charge is 1.98. The Bertz CT molecular complexity index is 337. The fourth-order valence-electron chi connectivity index (χ4n) is 0.721. The Labute approximate surface area is 90.0 Å². The predicted octanol–water partition coefficient (Wildman–Crippen LogP) is 2.74. The Balaban J connectivity index is 2.52. The van der Waals surface area contributed by atoms with E-state index < -0.39 is 0 Å². The molecule has 0 saturated heterocycles. The van der Waals surface area contributed by atoms with Gasteiger partial charge >= 0.3 is 0 Å². The highest BCUT2D eigenvalue weighted by atomic mass is 79.9. The maximum Gasteiger partial charge on any atom is 0.215 e. The van der Waals surface area contributed by atoms with Crippen molar-refractivity contribution >= 4 is 33.5 Å². The van der Waals surface area contributed by atoms with E-state index in [1.54, 1.807) is 0 Å². The van der Waals surface area contributed by atoms with Gasteiger partial charge < -0.3 is 0 Å². The highest BCUT2D eigenvalue weighted by Crippen LogP contribution is 2.20. The van der Waals surface area contributed by atoms with Crippen LogP contribution in [0.15, 0.2) is 33.6 Å². The van der Waals surface area contributed by atoms with Crippen LogP contribution in [0.3, 0.4) is 0 Å². The molecule has 0 amide bonds. The molecule has 0 aliphatic heterocycles. The van der Waals surface area contributed by atoms with Crippen molar-refractivity contribution in [3.8, 4) is 12.3 Å². The summed E-state index contributed by atoms with van der Waals surface area (Å²) >= 11 is 4.78. The number of terminal acetylenes is 1. The topological polar surface area (TPSA) is 17.1 Å². The number of hydrogen-bond acceptors (Lipinski definition) is 2. The first-order chi connectivity index (χ1) is 6.22. The van der Waals surface area contributed by atoms with Crippen LogP contribution in [-0.4, -0.2) is 11.5 Å². The van der Waals surface area contributed by atoms with E-state index in [4.69, 9.17) is 6.42 Å². The van der Waals surface area contributed by atoms with Crippen LogP contribution in [0.4, 0.5) is 0 Å². The molecule has 1 nitrogen and oxygen atoms in total. The summed E-state index contributed by atoms with van der Waals surface area (Å²) in [5, 5.41) is 0. The first-order valence-corrected chi connectivity index (χ1v) is 5.38. The number of thioether (sulfide) groups is 1. The van der Waals surface area contributed by atoms with Crippen molar-refractivity contribution in [2.45, 2.75) is 4.90 Å². The number of benzene rings is 1. The molecule has 0 radical (unpaired) electrons. The summed E-state index contributed by atoms with van der Waals surface area (Å²) in [4.78, 5) is 11.8. The standard InChI is InChI=1S/C10H7BrOS/c1-2-9(12)7-13-10-5-3-8(11)4-6-10/h1,3-6H,7H2. The minimum atomic E-state index is -0.173. The molecule has 0 bridgehead atoms. The van der Waals surface area contributed by atoms with E-state index in [-0.39, 0.29) is 5.78 Å². The molecule has 0 aromatic heterocycles. The van der Waals surface area contributed by atoms with Crippen LogP contribution in [0.5, 0.6) is 0 Å². The maximum absolute atomic E-state index is 10.8. The molecule has 13 heavy (non-hydrogen) atoms. The number of carbonyl (C=O) groups is 1. The van der Waals surface area contributed by atoms with Crippen molar-refractivity contribution < 1.29 is 4.79 Å². The molecule has 0 saturated carbocycles. The van der Waals surface area contributed by atoms with Gasteiger partial charge in [-0.05, 0) is 30.2 Å². The molecule has 0 spiro atoms. The molecule has 0 atom stereocenters. The molecule has 0 unspecified atom stereocenters. The summed E-state index contributed by atoms with van der Waals surface area (Å²) in [6.07, 6.45) is 4.94. The molecule has 1 rings (SSSR count). The van der Waals surface area contributed by atoms with Crippen LogP contribution < -0.4 is 0 Å². The molecule has 1 aromatic carbocycles. The van der Waals surface area contributed by atoms with E-state index in [0.29, 0.717) is 5.75 Å². The SMILES string of the molecule is C#CC(=O)CSc1ccc(Br)cc1. The summed E-state index contributed by atoms with van der Waals surface area (Å²) in [5.41, 5.74) is 0. The first-order valence-electron chi connectivity index (χ1n) is 3.60. The van der Waals surface area contributed by atoms with E-state index in [2.05, 4.69) is 21.9 Å².